The molecule has 22 heavy (non-hydrogen) atoms. The maximum absolute atomic E-state index is 12.2. The van der Waals surface area contributed by atoms with Crippen LogP contribution >= 0.6 is 0 Å². The third-order valence-corrected chi connectivity index (χ3v) is 4.64. The molecule has 2 saturated carbocycles. The minimum Gasteiger partial charge on any atom is -0.349 e. The van der Waals surface area contributed by atoms with E-state index in [1.807, 2.05) is 13.8 Å². The molecule has 1 aromatic rings. The van der Waals surface area contributed by atoms with E-state index in [2.05, 4.69) is 15.6 Å². The van der Waals surface area contributed by atoms with Gasteiger partial charge in [-0.2, -0.15) is 0 Å². The van der Waals surface area contributed by atoms with E-state index in [1.54, 1.807) is 6.07 Å². The normalized spacial score (nSPS) is 20.1. The zero-order valence-corrected chi connectivity index (χ0v) is 13.1. The fraction of sp³-hybridized carbons (Fsp3) is 0.588. The summed E-state index contributed by atoms with van der Waals surface area (Å²) in [6.07, 6.45) is 7.75. The van der Waals surface area contributed by atoms with Crippen molar-refractivity contribution in [2.75, 3.05) is 0 Å². The third-order valence-electron chi connectivity index (χ3n) is 4.64. The van der Waals surface area contributed by atoms with Gasteiger partial charge in [0.1, 0.15) is 0 Å². The summed E-state index contributed by atoms with van der Waals surface area (Å²) in [6, 6.07) is 1.98. The highest BCUT2D eigenvalue weighted by Gasteiger charge is 2.30. The van der Waals surface area contributed by atoms with Gasteiger partial charge in [0.25, 0.3) is 11.8 Å². The minimum absolute atomic E-state index is 0.156. The van der Waals surface area contributed by atoms with E-state index in [9.17, 15) is 9.59 Å². The number of carbonyl (C=O) groups is 2. The Morgan fingerprint density at radius 3 is 1.73 bits per heavy atom. The summed E-state index contributed by atoms with van der Waals surface area (Å²) >= 11 is 0. The Morgan fingerprint density at radius 1 is 0.955 bits per heavy atom. The van der Waals surface area contributed by atoms with Crippen molar-refractivity contribution < 1.29 is 9.59 Å². The number of pyridine rings is 1. The molecule has 2 aliphatic carbocycles. The summed E-state index contributed by atoms with van der Waals surface area (Å²) in [6.45, 7) is 4.05. The van der Waals surface area contributed by atoms with Gasteiger partial charge in [-0.25, -0.2) is 0 Å². The van der Waals surface area contributed by atoms with Gasteiger partial charge in [-0.3, -0.25) is 14.6 Å². The summed E-state index contributed by atoms with van der Waals surface area (Å²) in [7, 11) is 0. The van der Waals surface area contributed by atoms with Crippen LogP contribution in [0.5, 0.6) is 0 Å². The van der Waals surface area contributed by atoms with Crippen LogP contribution in [-0.4, -0.2) is 28.9 Å². The summed E-state index contributed by atoms with van der Waals surface area (Å²) in [5, 5.41) is 5.97. The fourth-order valence-electron chi connectivity index (χ4n) is 2.70. The molecular formula is C17H23N3O2. The van der Waals surface area contributed by atoms with Gasteiger partial charge in [-0.15, -0.1) is 0 Å². The van der Waals surface area contributed by atoms with Gasteiger partial charge in [0.2, 0.25) is 0 Å². The maximum Gasteiger partial charge on any atom is 0.253 e. The maximum atomic E-state index is 12.2. The predicted octanol–water partition coefficient (Wildman–Crippen LogP) is 2.14. The standard InChI is InChI=1S/C17H23N3O2/c1-10(12-3-4-12)19-16(21)14-7-15(9-18-8-14)17(22)20-11(2)13-5-6-13/h7-13H,3-6H2,1-2H3,(H,19,21)(H,20,22)/t10-,11-/m0/s1. The molecule has 0 saturated heterocycles. The summed E-state index contributed by atoms with van der Waals surface area (Å²) < 4.78 is 0. The van der Waals surface area contributed by atoms with Crippen molar-refractivity contribution in [3.05, 3.63) is 29.6 Å². The van der Waals surface area contributed by atoms with Crippen LogP contribution in [0.25, 0.3) is 0 Å². The van der Waals surface area contributed by atoms with Crippen molar-refractivity contribution in [3.8, 4) is 0 Å². The molecule has 0 aliphatic heterocycles. The van der Waals surface area contributed by atoms with Crippen LogP contribution in [0.15, 0.2) is 18.5 Å². The second kappa shape index (κ2) is 6.07. The lowest BCUT2D eigenvalue weighted by molar-refractivity contribution is 0.0935. The number of hydrogen-bond acceptors (Lipinski definition) is 3. The van der Waals surface area contributed by atoms with Gasteiger partial charge >= 0.3 is 0 Å². The van der Waals surface area contributed by atoms with E-state index < -0.39 is 0 Å². The number of carbonyl (C=O) groups excluding carboxylic acids is 2. The summed E-state index contributed by atoms with van der Waals surface area (Å²) in [5.41, 5.74) is 0.887. The van der Waals surface area contributed by atoms with Crippen LogP contribution in [0.4, 0.5) is 0 Å². The van der Waals surface area contributed by atoms with E-state index in [0.717, 1.165) is 0 Å². The van der Waals surface area contributed by atoms with Gasteiger partial charge in [0.15, 0.2) is 0 Å². The molecule has 0 bridgehead atoms. The summed E-state index contributed by atoms with van der Waals surface area (Å²) in [5.74, 6) is 0.888. The number of nitrogens with zero attached hydrogens (tertiary/aromatic N) is 1. The second-order valence-corrected chi connectivity index (χ2v) is 6.66. The Balaban J connectivity index is 1.63. The van der Waals surface area contributed by atoms with Crippen LogP contribution in [0.1, 0.15) is 60.2 Å². The number of amides is 2. The zero-order chi connectivity index (χ0) is 15.7. The van der Waals surface area contributed by atoms with E-state index in [4.69, 9.17) is 0 Å². The zero-order valence-electron chi connectivity index (χ0n) is 13.1. The molecule has 1 heterocycles. The average Bonchev–Trinajstić information content (AvgIpc) is 3.39. The lowest BCUT2D eigenvalue weighted by Gasteiger charge is -2.14. The first-order chi connectivity index (χ1) is 10.5. The molecule has 5 nitrogen and oxygen atoms in total. The van der Waals surface area contributed by atoms with E-state index in [-0.39, 0.29) is 23.9 Å². The van der Waals surface area contributed by atoms with Crippen LogP contribution in [-0.2, 0) is 0 Å². The Bertz CT molecular complexity index is 532. The first-order valence-corrected chi connectivity index (χ1v) is 8.11. The Morgan fingerprint density at radius 2 is 1.36 bits per heavy atom. The molecule has 0 unspecified atom stereocenters. The molecule has 0 radical (unpaired) electrons. The fourth-order valence-corrected chi connectivity index (χ4v) is 2.70. The monoisotopic (exact) mass is 301 g/mol. The summed E-state index contributed by atoms with van der Waals surface area (Å²) in [4.78, 5) is 28.5. The highest BCUT2D eigenvalue weighted by molar-refractivity contribution is 5.99. The molecule has 2 N–H and O–H groups in total. The molecule has 2 fully saturated rings. The van der Waals surface area contributed by atoms with Crippen LogP contribution in [0, 0.1) is 11.8 Å². The highest BCUT2D eigenvalue weighted by Crippen LogP contribution is 2.33. The van der Waals surface area contributed by atoms with Crippen molar-refractivity contribution >= 4 is 11.8 Å². The molecule has 2 atom stereocenters. The van der Waals surface area contributed by atoms with Gasteiger partial charge in [0.05, 0.1) is 11.1 Å². The van der Waals surface area contributed by atoms with Crippen molar-refractivity contribution in [3.63, 3.8) is 0 Å². The molecule has 2 aliphatic rings. The number of rotatable bonds is 6. The molecular weight excluding hydrogens is 278 g/mol. The van der Waals surface area contributed by atoms with E-state index >= 15 is 0 Å². The second-order valence-electron chi connectivity index (χ2n) is 6.66. The van der Waals surface area contributed by atoms with Crippen LogP contribution in [0.3, 0.4) is 0 Å². The molecule has 118 valence electrons. The van der Waals surface area contributed by atoms with Crippen LogP contribution < -0.4 is 10.6 Å². The average molecular weight is 301 g/mol. The first-order valence-electron chi connectivity index (χ1n) is 8.11. The van der Waals surface area contributed by atoms with Gasteiger partial charge < -0.3 is 10.6 Å². The largest absolute Gasteiger partial charge is 0.349 e. The van der Waals surface area contributed by atoms with Gasteiger partial charge in [-0.1, -0.05) is 0 Å². The smallest absolute Gasteiger partial charge is 0.253 e. The molecule has 1 aromatic heterocycles. The first kappa shape index (κ1) is 15.0. The van der Waals surface area contributed by atoms with Crippen molar-refractivity contribution in [1.82, 2.24) is 15.6 Å². The third kappa shape index (κ3) is 3.64. The number of nitrogens with one attached hydrogen (secondary N) is 2. The lowest BCUT2D eigenvalue weighted by Crippen LogP contribution is -2.35. The molecule has 3 rings (SSSR count). The Labute approximate surface area is 130 Å². The Hall–Kier alpha value is -1.91. The lowest BCUT2D eigenvalue weighted by atomic mass is 10.1. The topological polar surface area (TPSA) is 71.1 Å². The quantitative estimate of drug-likeness (QED) is 0.845. The predicted molar refractivity (Wildman–Crippen MR) is 83.5 cm³/mol. The molecule has 5 heteroatoms. The SMILES string of the molecule is C[C@H](NC(=O)c1cncc(C(=O)N[C@@H](C)C2CC2)c1)C1CC1. The van der Waals surface area contributed by atoms with Crippen molar-refractivity contribution in [2.45, 2.75) is 51.6 Å². The van der Waals surface area contributed by atoms with Crippen molar-refractivity contribution in [1.29, 1.82) is 0 Å². The van der Waals surface area contributed by atoms with Gasteiger partial charge in [-0.05, 0) is 57.4 Å². The highest BCUT2D eigenvalue weighted by atomic mass is 16.2. The van der Waals surface area contributed by atoms with E-state index in [1.165, 1.54) is 38.1 Å². The minimum atomic E-state index is -0.156. The molecule has 2 amide bonds. The van der Waals surface area contributed by atoms with E-state index in [0.29, 0.717) is 23.0 Å². The number of hydrogen-bond donors (Lipinski definition) is 2. The van der Waals surface area contributed by atoms with Crippen LogP contribution in [0.2, 0.25) is 0 Å². The van der Waals surface area contributed by atoms with Crippen molar-refractivity contribution in [2.24, 2.45) is 11.8 Å². The molecule has 0 aromatic carbocycles. The number of aromatic nitrogens is 1. The van der Waals surface area contributed by atoms with Gasteiger partial charge in [0, 0.05) is 24.5 Å². The Kier molecular flexibility index (Phi) is 4.14. The molecule has 0 spiro atoms.